The molecule has 1 rings (SSSR count). The average molecular weight is 161 g/mol. The van der Waals surface area contributed by atoms with Crippen LogP contribution in [0.25, 0.3) is 0 Å². The quantitative estimate of drug-likeness (QED) is 0.588. The molecule has 0 bridgehead atoms. The molecule has 1 atom stereocenters. The minimum Gasteiger partial charge on any atom is -0.479 e. The number of hydrogen-bond acceptors (Lipinski definition) is 3. The van der Waals surface area contributed by atoms with E-state index >= 15 is 0 Å². The minimum atomic E-state index is -0.768. The van der Waals surface area contributed by atoms with Gasteiger partial charge in [-0.25, -0.2) is 4.79 Å². The summed E-state index contributed by atoms with van der Waals surface area (Å²) in [6.45, 7) is 4.01. The molecule has 58 valence electrons. The van der Waals surface area contributed by atoms with Gasteiger partial charge in [0.15, 0.2) is 5.37 Å². The predicted octanol–water partition coefficient (Wildman–Crippen LogP) is 0.512. The molecular formula is C6H11NO2S. The normalized spacial score (nSPS) is 30.4. The molecule has 0 saturated carbocycles. The topological polar surface area (TPSA) is 49.3 Å². The first-order valence-electron chi connectivity index (χ1n) is 3.13. The minimum absolute atomic E-state index is 0.0201. The van der Waals surface area contributed by atoms with Crippen molar-refractivity contribution in [3.63, 3.8) is 0 Å². The van der Waals surface area contributed by atoms with Gasteiger partial charge in [-0.15, -0.1) is 11.8 Å². The smallest absolute Gasteiger partial charge is 0.331 e. The molecule has 0 aromatic heterocycles. The number of hydrogen-bond donors (Lipinski definition) is 2. The third-order valence-corrected chi connectivity index (χ3v) is 2.90. The van der Waals surface area contributed by atoms with Crippen molar-refractivity contribution in [1.82, 2.24) is 5.32 Å². The summed E-state index contributed by atoms with van der Waals surface area (Å²) in [5.74, 6) is 0.0971. The molecule has 0 aromatic carbocycles. The lowest BCUT2D eigenvalue weighted by Crippen LogP contribution is -2.41. The Kier molecular flexibility index (Phi) is 1.92. The van der Waals surface area contributed by atoms with E-state index in [9.17, 15) is 4.79 Å². The van der Waals surface area contributed by atoms with Crippen LogP contribution in [0, 0.1) is 0 Å². The van der Waals surface area contributed by atoms with E-state index in [1.165, 1.54) is 11.8 Å². The molecule has 1 saturated heterocycles. The summed E-state index contributed by atoms with van der Waals surface area (Å²) < 4.78 is 0. The first kappa shape index (κ1) is 7.88. The summed E-state index contributed by atoms with van der Waals surface area (Å²) in [6, 6.07) is 0. The number of carboxylic acid groups (broad SMARTS) is 1. The highest BCUT2D eigenvalue weighted by atomic mass is 32.2. The number of thioether (sulfide) groups is 1. The van der Waals surface area contributed by atoms with Gasteiger partial charge in [0.25, 0.3) is 0 Å². The van der Waals surface area contributed by atoms with Crippen LogP contribution in [-0.2, 0) is 4.79 Å². The predicted molar refractivity (Wildman–Crippen MR) is 41.1 cm³/mol. The van der Waals surface area contributed by atoms with Crippen molar-refractivity contribution in [2.45, 2.75) is 24.8 Å². The first-order valence-corrected chi connectivity index (χ1v) is 4.18. The summed E-state index contributed by atoms with van der Waals surface area (Å²) in [6.07, 6.45) is 0. The second kappa shape index (κ2) is 2.43. The first-order chi connectivity index (χ1) is 4.51. The number of rotatable bonds is 1. The van der Waals surface area contributed by atoms with Gasteiger partial charge < -0.3 is 5.11 Å². The zero-order chi connectivity index (χ0) is 7.78. The van der Waals surface area contributed by atoms with Crippen molar-refractivity contribution in [3.05, 3.63) is 0 Å². The van der Waals surface area contributed by atoms with E-state index < -0.39 is 11.3 Å². The van der Waals surface area contributed by atoms with Crippen molar-refractivity contribution < 1.29 is 9.90 Å². The van der Waals surface area contributed by atoms with Crippen LogP contribution < -0.4 is 5.32 Å². The lowest BCUT2D eigenvalue weighted by molar-refractivity contribution is -0.137. The highest BCUT2D eigenvalue weighted by Gasteiger charge is 2.34. The average Bonchev–Trinajstić information content (AvgIpc) is 2.10. The van der Waals surface area contributed by atoms with Gasteiger partial charge >= 0.3 is 5.97 Å². The van der Waals surface area contributed by atoms with Crippen molar-refractivity contribution in [2.24, 2.45) is 0 Å². The molecule has 3 nitrogen and oxygen atoms in total. The second-order valence-electron chi connectivity index (χ2n) is 3.06. The molecule has 10 heavy (non-hydrogen) atoms. The lowest BCUT2D eigenvalue weighted by atomic mass is 10.1. The van der Waals surface area contributed by atoms with Crippen LogP contribution >= 0.6 is 11.8 Å². The third kappa shape index (κ3) is 1.64. The van der Waals surface area contributed by atoms with E-state index in [0.29, 0.717) is 0 Å². The molecule has 0 aliphatic carbocycles. The SMILES string of the molecule is CC1(C)CSC(C(=O)O)N1. The Morgan fingerprint density at radius 2 is 2.40 bits per heavy atom. The summed E-state index contributed by atoms with van der Waals surface area (Å²) in [4.78, 5) is 10.4. The van der Waals surface area contributed by atoms with Gasteiger partial charge in [0.05, 0.1) is 0 Å². The molecule has 0 radical (unpaired) electrons. The van der Waals surface area contributed by atoms with Gasteiger partial charge in [0.2, 0.25) is 0 Å². The summed E-state index contributed by atoms with van der Waals surface area (Å²) >= 11 is 1.45. The van der Waals surface area contributed by atoms with Crippen LogP contribution in [0.2, 0.25) is 0 Å². The number of aliphatic carboxylic acids is 1. The fourth-order valence-corrected chi connectivity index (χ4v) is 2.07. The van der Waals surface area contributed by atoms with E-state index in [-0.39, 0.29) is 5.54 Å². The molecular weight excluding hydrogens is 150 g/mol. The van der Waals surface area contributed by atoms with Crippen LogP contribution in [0.15, 0.2) is 0 Å². The number of carbonyl (C=O) groups is 1. The number of carboxylic acids is 1. The third-order valence-electron chi connectivity index (χ3n) is 1.36. The van der Waals surface area contributed by atoms with Crippen molar-refractivity contribution in [1.29, 1.82) is 0 Å². The Bertz CT molecular complexity index is 158. The molecule has 0 spiro atoms. The van der Waals surface area contributed by atoms with E-state index in [1.54, 1.807) is 0 Å². The standard InChI is InChI=1S/C6H11NO2S/c1-6(2)3-10-4(7-6)5(8)9/h4,7H,3H2,1-2H3,(H,8,9). The lowest BCUT2D eigenvalue weighted by Gasteiger charge is -2.16. The van der Waals surface area contributed by atoms with Gasteiger partial charge in [0.1, 0.15) is 0 Å². The number of nitrogens with one attached hydrogen (secondary N) is 1. The van der Waals surface area contributed by atoms with Crippen molar-refractivity contribution >= 4 is 17.7 Å². The highest BCUT2D eigenvalue weighted by Crippen LogP contribution is 2.25. The molecule has 2 N–H and O–H groups in total. The Morgan fingerprint density at radius 3 is 2.60 bits per heavy atom. The zero-order valence-corrected chi connectivity index (χ0v) is 6.86. The maximum atomic E-state index is 10.4. The molecule has 1 aliphatic heterocycles. The molecule has 1 fully saturated rings. The zero-order valence-electron chi connectivity index (χ0n) is 6.05. The van der Waals surface area contributed by atoms with E-state index in [4.69, 9.17) is 5.11 Å². The summed E-state index contributed by atoms with van der Waals surface area (Å²) in [7, 11) is 0. The Labute approximate surface area is 64.2 Å². The van der Waals surface area contributed by atoms with Gasteiger partial charge in [-0.1, -0.05) is 0 Å². The molecule has 1 aliphatic rings. The summed E-state index contributed by atoms with van der Waals surface area (Å²) in [5.41, 5.74) is -0.0201. The van der Waals surface area contributed by atoms with Gasteiger partial charge in [0, 0.05) is 11.3 Å². The van der Waals surface area contributed by atoms with Crippen molar-refractivity contribution in [2.75, 3.05) is 5.75 Å². The van der Waals surface area contributed by atoms with Crippen LogP contribution in [0.5, 0.6) is 0 Å². The van der Waals surface area contributed by atoms with Gasteiger partial charge in [-0.2, -0.15) is 0 Å². The highest BCUT2D eigenvalue weighted by molar-refractivity contribution is 8.00. The van der Waals surface area contributed by atoms with Crippen molar-refractivity contribution in [3.8, 4) is 0 Å². The monoisotopic (exact) mass is 161 g/mol. The van der Waals surface area contributed by atoms with Crippen LogP contribution in [0.1, 0.15) is 13.8 Å². The van der Waals surface area contributed by atoms with Crippen LogP contribution in [-0.4, -0.2) is 27.7 Å². The molecule has 0 amide bonds. The maximum Gasteiger partial charge on any atom is 0.331 e. The Morgan fingerprint density at radius 1 is 1.80 bits per heavy atom. The molecule has 0 aromatic rings. The summed E-state index contributed by atoms with van der Waals surface area (Å²) in [5, 5.41) is 11.1. The van der Waals surface area contributed by atoms with E-state index in [2.05, 4.69) is 5.32 Å². The molecule has 4 heteroatoms. The van der Waals surface area contributed by atoms with Crippen LogP contribution in [0.4, 0.5) is 0 Å². The maximum absolute atomic E-state index is 10.4. The Hall–Kier alpha value is -0.220. The van der Waals surface area contributed by atoms with Crippen LogP contribution in [0.3, 0.4) is 0 Å². The van der Waals surface area contributed by atoms with E-state index in [1.807, 2.05) is 13.8 Å². The second-order valence-corrected chi connectivity index (χ2v) is 4.15. The molecule has 1 unspecified atom stereocenters. The van der Waals surface area contributed by atoms with Gasteiger partial charge in [-0.3, -0.25) is 5.32 Å². The fourth-order valence-electron chi connectivity index (χ4n) is 0.863. The fraction of sp³-hybridized carbons (Fsp3) is 0.833. The van der Waals surface area contributed by atoms with E-state index in [0.717, 1.165) is 5.75 Å². The Balaban J connectivity index is 2.51. The largest absolute Gasteiger partial charge is 0.479 e. The van der Waals surface area contributed by atoms with Gasteiger partial charge in [-0.05, 0) is 13.8 Å². The molecule has 1 heterocycles.